The maximum absolute atomic E-state index is 14.5. The van der Waals surface area contributed by atoms with Crippen LogP contribution in [0.3, 0.4) is 0 Å². The lowest BCUT2D eigenvalue weighted by Gasteiger charge is -2.23. The third-order valence-electron chi connectivity index (χ3n) is 6.45. The summed E-state index contributed by atoms with van der Waals surface area (Å²) in [7, 11) is 0. The number of aromatic nitrogens is 2. The van der Waals surface area contributed by atoms with Gasteiger partial charge in [-0.05, 0) is 79.6 Å². The average molecular weight is 595 g/mol. The van der Waals surface area contributed by atoms with Crippen molar-refractivity contribution in [3.05, 3.63) is 100 Å². The molecule has 5 rings (SSSR count). The first kappa shape index (κ1) is 26.7. The predicted octanol–water partition coefficient (Wildman–Crippen LogP) is 6.03. The number of hydrogen-bond acceptors (Lipinski definition) is 4. The van der Waals surface area contributed by atoms with E-state index in [-0.39, 0.29) is 29.9 Å². The van der Waals surface area contributed by atoms with Gasteiger partial charge in [-0.1, -0.05) is 22.0 Å². The Morgan fingerprint density at radius 1 is 1.08 bits per heavy atom. The Balaban J connectivity index is 1.48. The molecule has 0 unspecified atom stereocenters. The van der Waals surface area contributed by atoms with Crippen LogP contribution in [0.1, 0.15) is 31.2 Å². The van der Waals surface area contributed by atoms with Gasteiger partial charge in [0.1, 0.15) is 23.4 Å². The highest BCUT2D eigenvalue weighted by Gasteiger charge is 2.40. The van der Waals surface area contributed by atoms with E-state index in [2.05, 4.69) is 21.2 Å². The van der Waals surface area contributed by atoms with Crippen molar-refractivity contribution in [1.82, 2.24) is 14.7 Å². The molecule has 7 nitrogen and oxygen atoms in total. The predicted molar refractivity (Wildman–Crippen MR) is 146 cm³/mol. The number of carbonyl (C=O) groups is 2. The molecule has 0 radical (unpaired) electrons. The molecule has 1 aromatic heterocycles. The van der Waals surface area contributed by atoms with Crippen LogP contribution in [-0.4, -0.2) is 39.1 Å². The van der Waals surface area contributed by atoms with Crippen molar-refractivity contribution in [3.63, 3.8) is 0 Å². The quantitative estimate of drug-likeness (QED) is 0.283. The van der Waals surface area contributed by atoms with Crippen LogP contribution in [0.2, 0.25) is 0 Å². The molecule has 3 aromatic carbocycles. The van der Waals surface area contributed by atoms with Crippen LogP contribution in [0.15, 0.2) is 77.4 Å². The number of nitrogens with zero attached hydrogens (tertiary/aromatic N) is 3. The lowest BCUT2D eigenvalue weighted by atomic mass is 10.1. The summed E-state index contributed by atoms with van der Waals surface area (Å²) >= 11 is 3.44. The first-order valence-electron chi connectivity index (χ1n) is 12.3. The molecule has 10 heteroatoms. The molecule has 2 heterocycles. The highest BCUT2D eigenvalue weighted by molar-refractivity contribution is 9.10. The van der Waals surface area contributed by atoms with E-state index in [0.29, 0.717) is 28.8 Å². The first-order valence-corrected chi connectivity index (χ1v) is 13.1. The second-order valence-corrected chi connectivity index (χ2v) is 10.2. The molecule has 2 atom stereocenters. The Kier molecular flexibility index (Phi) is 7.58. The fourth-order valence-electron chi connectivity index (χ4n) is 4.52. The van der Waals surface area contributed by atoms with Crippen molar-refractivity contribution in [2.45, 2.75) is 32.6 Å². The fourth-order valence-corrected chi connectivity index (χ4v) is 4.79. The highest BCUT2D eigenvalue weighted by atomic mass is 79.9. The molecule has 200 valence electrons. The molecule has 0 saturated carbocycles. The van der Waals surface area contributed by atoms with Gasteiger partial charge >= 0.3 is 0 Å². The van der Waals surface area contributed by atoms with Crippen molar-refractivity contribution in [1.29, 1.82) is 0 Å². The van der Waals surface area contributed by atoms with E-state index in [0.717, 1.165) is 10.2 Å². The maximum atomic E-state index is 14.5. The summed E-state index contributed by atoms with van der Waals surface area (Å²) in [5.74, 6) is -1.48. The summed E-state index contributed by atoms with van der Waals surface area (Å²) in [6, 6.07) is 18.1. The van der Waals surface area contributed by atoms with Crippen LogP contribution in [-0.2, 0) is 20.7 Å². The van der Waals surface area contributed by atoms with E-state index < -0.39 is 18.1 Å². The fraction of sp³-hybridized carbons (Fsp3) is 0.207. The van der Waals surface area contributed by atoms with Gasteiger partial charge in [0, 0.05) is 35.3 Å². The van der Waals surface area contributed by atoms with E-state index in [1.165, 1.54) is 31.2 Å². The number of nitrogens with one attached hydrogen (secondary N) is 1. The molecule has 1 N–H and O–H groups in total. The number of ether oxygens (including phenoxy) is 1. The Labute approximate surface area is 232 Å². The number of rotatable bonds is 7. The SMILES string of the molecule is CC(=O)Nc1ccc(CCN2C(=O)[C@H](C)O[C@@H]2c2cn(-c3ccc(Br)cc3)nc2-c2ccc(F)cc2)cc1F. The second kappa shape index (κ2) is 11.1. The average Bonchev–Trinajstić information content (AvgIpc) is 3.46. The summed E-state index contributed by atoms with van der Waals surface area (Å²) in [5.41, 5.74) is 3.44. The van der Waals surface area contributed by atoms with Crippen molar-refractivity contribution < 1.29 is 23.1 Å². The summed E-state index contributed by atoms with van der Waals surface area (Å²) in [5, 5.41) is 7.23. The molecule has 1 aliphatic rings. The zero-order valence-corrected chi connectivity index (χ0v) is 22.8. The minimum atomic E-state index is -0.750. The van der Waals surface area contributed by atoms with Gasteiger partial charge in [-0.2, -0.15) is 5.10 Å². The van der Waals surface area contributed by atoms with Gasteiger partial charge in [-0.3, -0.25) is 9.59 Å². The molecule has 1 saturated heterocycles. The zero-order chi connectivity index (χ0) is 27.7. The van der Waals surface area contributed by atoms with E-state index in [4.69, 9.17) is 9.84 Å². The lowest BCUT2D eigenvalue weighted by Crippen LogP contribution is -2.32. The van der Waals surface area contributed by atoms with Crippen molar-refractivity contribution in [2.75, 3.05) is 11.9 Å². The van der Waals surface area contributed by atoms with E-state index in [9.17, 15) is 18.4 Å². The van der Waals surface area contributed by atoms with Crippen LogP contribution >= 0.6 is 15.9 Å². The molecule has 1 aliphatic heterocycles. The molecule has 2 amide bonds. The van der Waals surface area contributed by atoms with Gasteiger partial charge in [0.05, 0.1) is 11.4 Å². The third-order valence-corrected chi connectivity index (χ3v) is 6.98. The summed E-state index contributed by atoms with van der Waals surface area (Å²) in [4.78, 5) is 26.0. The minimum Gasteiger partial charge on any atom is -0.341 e. The Bertz CT molecular complexity index is 1520. The van der Waals surface area contributed by atoms with Crippen molar-refractivity contribution in [3.8, 4) is 16.9 Å². The number of hydrogen-bond donors (Lipinski definition) is 1. The van der Waals surface area contributed by atoms with Crippen molar-refractivity contribution >= 4 is 33.4 Å². The van der Waals surface area contributed by atoms with Crippen LogP contribution in [0.25, 0.3) is 16.9 Å². The molecule has 1 fully saturated rings. The van der Waals surface area contributed by atoms with Gasteiger partial charge in [0.2, 0.25) is 5.91 Å². The normalized spacial score (nSPS) is 17.1. The van der Waals surface area contributed by atoms with Gasteiger partial charge in [-0.25, -0.2) is 13.5 Å². The highest BCUT2D eigenvalue weighted by Crippen LogP contribution is 2.37. The Hall–Kier alpha value is -3.89. The Morgan fingerprint density at radius 2 is 1.79 bits per heavy atom. The molecule has 0 aliphatic carbocycles. The first-order chi connectivity index (χ1) is 18.7. The number of amides is 2. The molecule has 0 spiro atoms. The van der Waals surface area contributed by atoms with Crippen LogP contribution in [0.4, 0.5) is 14.5 Å². The third kappa shape index (κ3) is 5.76. The molecular formula is C29H25BrF2N4O3. The van der Waals surface area contributed by atoms with Gasteiger partial charge in [0.25, 0.3) is 5.91 Å². The molecular weight excluding hydrogens is 570 g/mol. The van der Waals surface area contributed by atoms with Crippen LogP contribution in [0, 0.1) is 11.6 Å². The standard InChI is InChI=1S/C29H25BrF2N4O3/c1-17-28(38)35(14-13-19-3-12-26(25(32)15-19)33-18(2)37)29(39-17)24-16-36(23-10-6-21(30)7-11-23)34-27(24)20-4-8-22(31)9-5-20/h3-12,15-17,29H,13-14H2,1-2H3,(H,33,37)/t17-,29+/m0/s1. The summed E-state index contributed by atoms with van der Waals surface area (Å²) < 4.78 is 36.9. The van der Waals surface area contributed by atoms with Gasteiger partial charge < -0.3 is 15.0 Å². The summed E-state index contributed by atoms with van der Waals surface area (Å²) in [6.45, 7) is 3.26. The number of benzene rings is 3. The second-order valence-electron chi connectivity index (χ2n) is 9.27. The Morgan fingerprint density at radius 3 is 2.46 bits per heavy atom. The smallest absolute Gasteiger partial charge is 0.253 e. The maximum Gasteiger partial charge on any atom is 0.253 e. The van der Waals surface area contributed by atoms with Crippen LogP contribution in [0.5, 0.6) is 0 Å². The number of halogens is 3. The van der Waals surface area contributed by atoms with E-state index in [1.807, 2.05) is 30.5 Å². The largest absolute Gasteiger partial charge is 0.341 e. The number of anilines is 1. The van der Waals surface area contributed by atoms with E-state index in [1.54, 1.807) is 34.7 Å². The number of carbonyl (C=O) groups excluding carboxylic acids is 2. The zero-order valence-electron chi connectivity index (χ0n) is 21.2. The molecule has 39 heavy (non-hydrogen) atoms. The van der Waals surface area contributed by atoms with E-state index >= 15 is 0 Å². The minimum absolute atomic E-state index is 0.0997. The van der Waals surface area contributed by atoms with Gasteiger partial charge in [0.15, 0.2) is 6.23 Å². The topological polar surface area (TPSA) is 76.5 Å². The molecule has 4 aromatic rings. The van der Waals surface area contributed by atoms with Gasteiger partial charge in [-0.15, -0.1) is 0 Å². The lowest BCUT2D eigenvalue weighted by molar-refractivity contribution is -0.130. The summed E-state index contributed by atoms with van der Waals surface area (Å²) in [6.07, 6.45) is 0.737. The monoisotopic (exact) mass is 594 g/mol. The van der Waals surface area contributed by atoms with Crippen molar-refractivity contribution in [2.24, 2.45) is 0 Å². The molecule has 0 bridgehead atoms. The van der Waals surface area contributed by atoms with Crippen LogP contribution < -0.4 is 5.32 Å².